The zero-order valence-electron chi connectivity index (χ0n) is 7.18. The van der Waals surface area contributed by atoms with Crippen LogP contribution in [0.4, 0.5) is 4.39 Å². The third-order valence-corrected chi connectivity index (χ3v) is 2.89. The first-order valence-electron chi connectivity index (χ1n) is 4.21. The molecular weight excluding hydrogens is 171 g/mol. The minimum absolute atomic E-state index is 0.0632. The van der Waals surface area contributed by atoms with Gasteiger partial charge in [-0.3, -0.25) is 0 Å². The van der Waals surface area contributed by atoms with Crippen molar-refractivity contribution >= 4 is 9.52 Å². The molecule has 0 radical (unpaired) electrons. The number of phenols is 1. The van der Waals surface area contributed by atoms with Crippen molar-refractivity contribution in [2.24, 2.45) is 0 Å². The second-order valence-corrected chi connectivity index (χ2v) is 4.60. The van der Waals surface area contributed by atoms with E-state index in [1.165, 1.54) is 18.2 Å². The van der Waals surface area contributed by atoms with E-state index < -0.39 is 5.82 Å². The van der Waals surface area contributed by atoms with Gasteiger partial charge in [-0.15, -0.1) is 0 Å². The van der Waals surface area contributed by atoms with Crippen LogP contribution in [0.15, 0.2) is 18.2 Å². The molecule has 0 amide bonds. The molecule has 12 heavy (non-hydrogen) atoms. The van der Waals surface area contributed by atoms with Crippen molar-refractivity contribution in [3.05, 3.63) is 29.6 Å². The third kappa shape index (κ3) is 2.34. The predicted octanol–water partition coefficient (Wildman–Crippen LogP) is 1.71. The molecule has 0 aliphatic heterocycles. The Morgan fingerprint density at radius 3 is 2.83 bits per heavy atom. The minimum atomic E-state index is -0.509. The van der Waals surface area contributed by atoms with E-state index in [9.17, 15) is 4.39 Å². The van der Waals surface area contributed by atoms with Crippen LogP contribution in [0.5, 0.6) is 5.75 Å². The van der Waals surface area contributed by atoms with Crippen LogP contribution in [0, 0.1) is 5.82 Å². The van der Waals surface area contributed by atoms with Crippen LogP contribution in [-0.4, -0.2) is 14.6 Å². The van der Waals surface area contributed by atoms with Crippen LogP contribution in [0.3, 0.4) is 0 Å². The summed E-state index contributed by atoms with van der Waals surface area (Å²) in [5.41, 5.74) is 0.986. The largest absolute Gasteiger partial charge is 0.505 e. The van der Waals surface area contributed by atoms with Crippen molar-refractivity contribution in [1.29, 1.82) is 0 Å². The lowest BCUT2D eigenvalue weighted by Gasteiger charge is -2.00. The SMILES string of the molecule is C[SiH2]CCc1ccc(O)c(F)c1. The average molecular weight is 184 g/mol. The highest BCUT2D eigenvalue weighted by Crippen LogP contribution is 2.16. The lowest BCUT2D eigenvalue weighted by molar-refractivity contribution is 0.432. The summed E-state index contributed by atoms with van der Waals surface area (Å²) < 4.78 is 12.8. The van der Waals surface area contributed by atoms with Crippen molar-refractivity contribution in [1.82, 2.24) is 0 Å². The van der Waals surface area contributed by atoms with Gasteiger partial charge in [0.25, 0.3) is 0 Å². The molecule has 0 fully saturated rings. The second kappa shape index (κ2) is 4.26. The first-order chi connectivity index (χ1) is 5.74. The first-order valence-corrected chi connectivity index (χ1v) is 6.63. The van der Waals surface area contributed by atoms with Crippen LogP contribution >= 0.6 is 0 Å². The second-order valence-electron chi connectivity index (χ2n) is 2.89. The number of halogens is 1. The smallest absolute Gasteiger partial charge is 0.165 e. The normalized spacial score (nSPS) is 11.2. The summed E-state index contributed by atoms with van der Waals surface area (Å²) >= 11 is 0. The Kier molecular flexibility index (Phi) is 3.28. The average Bonchev–Trinajstić information content (AvgIpc) is 2.07. The summed E-state index contributed by atoms with van der Waals surface area (Å²) in [4.78, 5) is 0. The molecule has 0 spiro atoms. The van der Waals surface area contributed by atoms with E-state index in [0.717, 1.165) is 12.0 Å². The van der Waals surface area contributed by atoms with E-state index in [4.69, 9.17) is 5.11 Å². The molecule has 1 rings (SSSR count). The van der Waals surface area contributed by atoms with Gasteiger partial charge >= 0.3 is 0 Å². The van der Waals surface area contributed by atoms with E-state index in [0.29, 0.717) is 0 Å². The molecule has 0 saturated heterocycles. The first kappa shape index (κ1) is 9.26. The van der Waals surface area contributed by atoms with Crippen LogP contribution < -0.4 is 0 Å². The summed E-state index contributed by atoms with van der Waals surface area (Å²) in [6, 6.07) is 5.81. The molecule has 1 aromatic rings. The van der Waals surface area contributed by atoms with Crippen molar-refractivity contribution in [2.75, 3.05) is 0 Å². The predicted molar refractivity (Wildman–Crippen MR) is 51.0 cm³/mol. The maximum atomic E-state index is 12.8. The van der Waals surface area contributed by atoms with Gasteiger partial charge in [0.05, 0.1) is 0 Å². The minimum Gasteiger partial charge on any atom is -0.505 e. The van der Waals surface area contributed by atoms with E-state index in [-0.39, 0.29) is 15.3 Å². The molecule has 0 atom stereocenters. The Hall–Kier alpha value is -0.833. The molecule has 0 saturated carbocycles. The fourth-order valence-corrected chi connectivity index (χ4v) is 1.85. The van der Waals surface area contributed by atoms with Gasteiger partial charge in [-0.05, 0) is 24.1 Å². The Labute approximate surface area is 74.1 Å². The Morgan fingerprint density at radius 2 is 2.25 bits per heavy atom. The topological polar surface area (TPSA) is 20.2 Å². The van der Waals surface area contributed by atoms with E-state index >= 15 is 0 Å². The number of aryl methyl sites for hydroxylation is 1. The van der Waals surface area contributed by atoms with Crippen molar-refractivity contribution in [2.45, 2.75) is 19.0 Å². The highest BCUT2D eigenvalue weighted by molar-refractivity contribution is 6.33. The van der Waals surface area contributed by atoms with Crippen molar-refractivity contribution in [3.8, 4) is 5.75 Å². The molecule has 1 aromatic carbocycles. The monoisotopic (exact) mass is 184 g/mol. The van der Waals surface area contributed by atoms with E-state index in [1.807, 2.05) is 0 Å². The maximum Gasteiger partial charge on any atom is 0.165 e. The number of rotatable bonds is 3. The molecule has 0 unspecified atom stereocenters. The fourth-order valence-electron chi connectivity index (χ4n) is 1.09. The molecule has 66 valence electrons. The van der Waals surface area contributed by atoms with Crippen LogP contribution in [-0.2, 0) is 6.42 Å². The Morgan fingerprint density at radius 1 is 1.50 bits per heavy atom. The molecular formula is C9H13FOSi. The number of aromatic hydroxyl groups is 1. The van der Waals surface area contributed by atoms with Crippen LogP contribution in [0.1, 0.15) is 5.56 Å². The summed E-state index contributed by atoms with van der Waals surface area (Å²) in [7, 11) is 0.0632. The third-order valence-electron chi connectivity index (χ3n) is 1.83. The summed E-state index contributed by atoms with van der Waals surface area (Å²) in [5, 5.41) is 8.90. The number of phenolic OH excluding ortho intramolecular Hbond substituents is 1. The maximum absolute atomic E-state index is 12.8. The summed E-state index contributed by atoms with van der Waals surface area (Å²) in [5.74, 6) is -0.766. The molecule has 1 N–H and O–H groups in total. The van der Waals surface area contributed by atoms with E-state index in [2.05, 4.69) is 6.55 Å². The molecule has 0 aliphatic carbocycles. The van der Waals surface area contributed by atoms with E-state index in [1.54, 1.807) is 6.07 Å². The summed E-state index contributed by atoms with van der Waals surface area (Å²) in [6.07, 6.45) is 0.944. The quantitative estimate of drug-likeness (QED) is 0.709. The lowest BCUT2D eigenvalue weighted by Crippen LogP contribution is -1.89. The molecule has 0 aliphatic rings. The van der Waals surface area contributed by atoms with Gasteiger partial charge in [0.2, 0.25) is 0 Å². The van der Waals surface area contributed by atoms with Crippen LogP contribution in [0.25, 0.3) is 0 Å². The van der Waals surface area contributed by atoms with Gasteiger partial charge in [0.15, 0.2) is 11.6 Å². The molecule has 0 bridgehead atoms. The lowest BCUT2D eigenvalue weighted by atomic mass is 10.1. The number of benzene rings is 1. The fraction of sp³-hybridized carbons (Fsp3) is 0.333. The summed E-state index contributed by atoms with van der Waals surface area (Å²) in [6.45, 7) is 2.23. The molecule has 0 heterocycles. The standard InChI is InChI=1S/C9H13FOSi/c1-12-5-4-7-2-3-9(11)8(10)6-7/h2-3,6,11H,4-5,12H2,1H3. The Balaban J connectivity index is 2.69. The number of hydrogen-bond donors (Lipinski definition) is 1. The Bertz CT molecular complexity index is 263. The molecule has 1 nitrogen and oxygen atoms in total. The van der Waals surface area contributed by atoms with Gasteiger partial charge < -0.3 is 5.11 Å². The van der Waals surface area contributed by atoms with Crippen molar-refractivity contribution in [3.63, 3.8) is 0 Å². The number of hydrogen-bond acceptors (Lipinski definition) is 1. The van der Waals surface area contributed by atoms with Gasteiger partial charge in [-0.25, -0.2) is 4.39 Å². The van der Waals surface area contributed by atoms with Gasteiger partial charge in [0.1, 0.15) is 0 Å². The van der Waals surface area contributed by atoms with Crippen LogP contribution in [0.2, 0.25) is 12.6 Å². The highest BCUT2D eigenvalue weighted by Gasteiger charge is 2.00. The van der Waals surface area contributed by atoms with Crippen molar-refractivity contribution < 1.29 is 9.50 Å². The van der Waals surface area contributed by atoms with Gasteiger partial charge in [-0.1, -0.05) is 18.7 Å². The zero-order chi connectivity index (χ0) is 8.97. The molecule has 0 aromatic heterocycles. The zero-order valence-corrected chi connectivity index (χ0v) is 8.59. The molecule has 3 heteroatoms. The van der Waals surface area contributed by atoms with Gasteiger partial charge in [-0.2, -0.15) is 0 Å². The highest BCUT2D eigenvalue weighted by atomic mass is 28.2. The van der Waals surface area contributed by atoms with Gasteiger partial charge in [0, 0.05) is 9.52 Å².